The van der Waals surface area contributed by atoms with E-state index in [1.165, 1.54) is 0 Å². The molecule has 2 aromatic rings. The van der Waals surface area contributed by atoms with Gasteiger partial charge in [-0.05, 0) is 43.0 Å². The van der Waals surface area contributed by atoms with Crippen LogP contribution in [0.5, 0.6) is 0 Å². The number of aromatic nitrogens is 1. The van der Waals surface area contributed by atoms with Crippen molar-refractivity contribution in [1.29, 1.82) is 0 Å². The molecular weight excluding hydrogens is 334 g/mol. The minimum atomic E-state index is -0.103. The van der Waals surface area contributed by atoms with Crippen LogP contribution >= 0.6 is 11.3 Å². The van der Waals surface area contributed by atoms with Crippen molar-refractivity contribution in [2.45, 2.75) is 32.6 Å². The maximum atomic E-state index is 11.9. The van der Waals surface area contributed by atoms with E-state index in [4.69, 9.17) is 4.74 Å². The standard InChI is InChI=1S/C19H23N3O2S/c1-14-12-22(13-15(2)24-14)18-7-5-16(10-20-18)11-21-19(23)8-6-17-4-3-9-25-17/h3-10,14-15H,11-13H2,1-2H3,(H,21,23)/b8-6+. The van der Waals surface area contributed by atoms with E-state index in [1.807, 2.05) is 41.9 Å². The Kier molecular flexibility index (Phi) is 5.83. The predicted octanol–water partition coefficient (Wildman–Crippen LogP) is 3.09. The molecule has 1 amide bonds. The second kappa shape index (κ2) is 8.27. The van der Waals surface area contributed by atoms with E-state index in [0.717, 1.165) is 29.3 Å². The maximum Gasteiger partial charge on any atom is 0.244 e. The van der Waals surface area contributed by atoms with Gasteiger partial charge in [0, 0.05) is 36.8 Å². The molecule has 0 aliphatic carbocycles. The first-order chi connectivity index (χ1) is 12.1. The first-order valence-corrected chi connectivity index (χ1v) is 9.33. The van der Waals surface area contributed by atoms with Crippen LogP contribution in [0.15, 0.2) is 41.9 Å². The molecule has 25 heavy (non-hydrogen) atoms. The fourth-order valence-corrected chi connectivity index (χ4v) is 3.48. The highest BCUT2D eigenvalue weighted by atomic mass is 32.1. The number of anilines is 1. The lowest BCUT2D eigenvalue weighted by molar-refractivity contribution is -0.116. The normalized spacial score (nSPS) is 20.8. The van der Waals surface area contributed by atoms with Gasteiger partial charge in [-0.25, -0.2) is 4.98 Å². The van der Waals surface area contributed by atoms with Crippen LogP contribution in [0.25, 0.3) is 6.08 Å². The number of rotatable bonds is 5. The number of carbonyl (C=O) groups is 1. The van der Waals surface area contributed by atoms with Gasteiger partial charge in [0.15, 0.2) is 0 Å². The van der Waals surface area contributed by atoms with E-state index in [-0.39, 0.29) is 18.1 Å². The molecule has 0 saturated carbocycles. The van der Waals surface area contributed by atoms with Crippen molar-refractivity contribution in [2.75, 3.05) is 18.0 Å². The number of amides is 1. The number of ether oxygens (including phenoxy) is 1. The van der Waals surface area contributed by atoms with Crippen LogP contribution in [0, 0.1) is 0 Å². The highest BCUT2D eigenvalue weighted by Gasteiger charge is 2.22. The molecule has 3 heterocycles. The molecule has 6 heteroatoms. The Balaban J connectivity index is 1.51. The van der Waals surface area contributed by atoms with Gasteiger partial charge in [0.25, 0.3) is 0 Å². The molecule has 1 N–H and O–H groups in total. The summed E-state index contributed by atoms with van der Waals surface area (Å²) < 4.78 is 5.75. The zero-order chi connectivity index (χ0) is 17.6. The topological polar surface area (TPSA) is 54.5 Å². The van der Waals surface area contributed by atoms with E-state index in [9.17, 15) is 4.79 Å². The zero-order valence-electron chi connectivity index (χ0n) is 14.5. The minimum Gasteiger partial charge on any atom is -0.372 e. The lowest BCUT2D eigenvalue weighted by atomic mass is 10.2. The Morgan fingerprint density at radius 3 is 2.80 bits per heavy atom. The van der Waals surface area contributed by atoms with Crippen molar-refractivity contribution < 1.29 is 9.53 Å². The van der Waals surface area contributed by atoms with E-state index in [2.05, 4.69) is 29.0 Å². The van der Waals surface area contributed by atoms with Gasteiger partial charge in [-0.1, -0.05) is 12.1 Å². The molecular formula is C19H23N3O2S. The molecule has 2 atom stereocenters. The van der Waals surface area contributed by atoms with Crippen molar-refractivity contribution in [3.05, 3.63) is 52.4 Å². The summed E-state index contributed by atoms with van der Waals surface area (Å²) in [4.78, 5) is 19.7. The summed E-state index contributed by atoms with van der Waals surface area (Å²) in [5.41, 5.74) is 0.982. The van der Waals surface area contributed by atoms with Crippen LogP contribution in [0.2, 0.25) is 0 Å². The third kappa shape index (κ3) is 5.14. The number of pyridine rings is 1. The van der Waals surface area contributed by atoms with E-state index >= 15 is 0 Å². The fourth-order valence-electron chi connectivity index (χ4n) is 2.87. The number of nitrogens with one attached hydrogen (secondary N) is 1. The third-order valence-electron chi connectivity index (χ3n) is 3.96. The van der Waals surface area contributed by atoms with Gasteiger partial charge in [0.05, 0.1) is 12.2 Å². The van der Waals surface area contributed by atoms with Gasteiger partial charge in [-0.2, -0.15) is 0 Å². The largest absolute Gasteiger partial charge is 0.372 e. The molecule has 3 rings (SSSR count). The average Bonchev–Trinajstić information content (AvgIpc) is 3.11. The van der Waals surface area contributed by atoms with Gasteiger partial charge in [0.1, 0.15) is 5.82 Å². The first-order valence-electron chi connectivity index (χ1n) is 8.45. The Morgan fingerprint density at radius 1 is 1.36 bits per heavy atom. The van der Waals surface area contributed by atoms with Gasteiger partial charge in [-0.15, -0.1) is 11.3 Å². The Morgan fingerprint density at radius 2 is 2.16 bits per heavy atom. The number of thiophene rings is 1. The molecule has 2 unspecified atom stereocenters. The molecule has 0 spiro atoms. The molecule has 0 aromatic carbocycles. The second-order valence-corrected chi connectivity index (χ2v) is 7.23. The van der Waals surface area contributed by atoms with E-state index < -0.39 is 0 Å². The fraction of sp³-hybridized carbons (Fsp3) is 0.368. The molecule has 0 radical (unpaired) electrons. The Bertz CT molecular complexity index is 703. The van der Waals surface area contributed by atoms with Gasteiger partial charge in [-0.3, -0.25) is 4.79 Å². The van der Waals surface area contributed by atoms with Crippen molar-refractivity contribution in [3.8, 4) is 0 Å². The molecule has 1 saturated heterocycles. The first kappa shape index (κ1) is 17.6. The lowest BCUT2D eigenvalue weighted by Gasteiger charge is -2.36. The second-order valence-electron chi connectivity index (χ2n) is 6.25. The van der Waals surface area contributed by atoms with Crippen LogP contribution in [0.4, 0.5) is 5.82 Å². The molecule has 132 valence electrons. The van der Waals surface area contributed by atoms with Crippen LogP contribution in [0.1, 0.15) is 24.3 Å². The molecule has 2 aromatic heterocycles. The minimum absolute atomic E-state index is 0.103. The number of hydrogen-bond acceptors (Lipinski definition) is 5. The average molecular weight is 357 g/mol. The van der Waals surface area contributed by atoms with Gasteiger partial charge < -0.3 is 15.0 Å². The lowest BCUT2D eigenvalue weighted by Crippen LogP contribution is -2.45. The predicted molar refractivity (Wildman–Crippen MR) is 102 cm³/mol. The summed E-state index contributed by atoms with van der Waals surface area (Å²) in [5, 5.41) is 4.87. The van der Waals surface area contributed by atoms with Gasteiger partial charge >= 0.3 is 0 Å². The number of nitrogens with zero attached hydrogens (tertiary/aromatic N) is 2. The van der Waals surface area contributed by atoms with Crippen molar-refractivity contribution >= 4 is 29.1 Å². The summed E-state index contributed by atoms with van der Waals surface area (Å²) in [7, 11) is 0. The van der Waals surface area contributed by atoms with Gasteiger partial charge in [0.2, 0.25) is 5.91 Å². The summed E-state index contributed by atoms with van der Waals surface area (Å²) in [6.07, 6.45) is 5.62. The molecule has 5 nitrogen and oxygen atoms in total. The number of carbonyl (C=O) groups excluding carboxylic acids is 1. The monoisotopic (exact) mass is 357 g/mol. The van der Waals surface area contributed by atoms with E-state index in [0.29, 0.717) is 6.54 Å². The summed E-state index contributed by atoms with van der Waals surface area (Å²) in [6, 6.07) is 7.96. The summed E-state index contributed by atoms with van der Waals surface area (Å²) in [6.45, 7) is 6.32. The number of morpholine rings is 1. The molecule has 1 aliphatic rings. The van der Waals surface area contributed by atoms with Crippen LogP contribution < -0.4 is 10.2 Å². The maximum absolute atomic E-state index is 11.9. The summed E-state index contributed by atoms with van der Waals surface area (Å²) >= 11 is 1.60. The smallest absolute Gasteiger partial charge is 0.244 e. The van der Waals surface area contributed by atoms with Crippen molar-refractivity contribution in [3.63, 3.8) is 0 Å². The SMILES string of the molecule is CC1CN(c2ccc(CNC(=O)/C=C/c3cccs3)cn2)CC(C)O1. The summed E-state index contributed by atoms with van der Waals surface area (Å²) in [5.74, 6) is 0.850. The molecule has 1 aliphatic heterocycles. The molecule has 0 bridgehead atoms. The van der Waals surface area contributed by atoms with E-state index in [1.54, 1.807) is 17.4 Å². The Hall–Kier alpha value is -2.18. The Labute approximate surface area is 152 Å². The van der Waals surface area contributed by atoms with Crippen LogP contribution in [0.3, 0.4) is 0 Å². The van der Waals surface area contributed by atoms with Crippen molar-refractivity contribution in [2.24, 2.45) is 0 Å². The molecule has 1 fully saturated rings. The van der Waals surface area contributed by atoms with Crippen molar-refractivity contribution in [1.82, 2.24) is 10.3 Å². The quantitative estimate of drug-likeness (QED) is 0.836. The zero-order valence-corrected chi connectivity index (χ0v) is 15.3. The highest BCUT2D eigenvalue weighted by Crippen LogP contribution is 2.18. The van der Waals surface area contributed by atoms with Crippen LogP contribution in [-0.4, -0.2) is 36.2 Å². The number of hydrogen-bond donors (Lipinski definition) is 1. The van der Waals surface area contributed by atoms with Crippen LogP contribution in [-0.2, 0) is 16.1 Å². The highest BCUT2D eigenvalue weighted by molar-refractivity contribution is 7.10. The third-order valence-corrected chi connectivity index (χ3v) is 4.80.